The monoisotopic (exact) mass is 472 g/mol. The second-order valence-corrected chi connectivity index (χ2v) is 7.75. The first kappa shape index (κ1) is 22.5. The predicted molar refractivity (Wildman–Crippen MR) is 119 cm³/mol. The Morgan fingerprint density at radius 2 is 1.97 bits per heavy atom. The fraction of sp³-hybridized carbons (Fsp3) is 0.227. The van der Waals surface area contributed by atoms with Crippen molar-refractivity contribution < 1.29 is 13.2 Å². The zero-order valence-corrected chi connectivity index (χ0v) is 18.6. The SMILES string of the molecule is Cc1nc([C@H](C)Nc2nccc(-n3c([C@H](C)F)coc3=O)n2)ncc1-c1ccc(Cl)c(F)c1. The van der Waals surface area contributed by atoms with E-state index in [2.05, 4.69) is 25.3 Å². The number of alkyl halides is 1. The highest BCUT2D eigenvalue weighted by Crippen LogP contribution is 2.27. The summed E-state index contributed by atoms with van der Waals surface area (Å²) in [6.07, 6.45) is 2.68. The molecule has 0 radical (unpaired) electrons. The molecule has 33 heavy (non-hydrogen) atoms. The van der Waals surface area contributed by atoms with Gasteiger partial charge in [0.05, 0.1) is 11.1 Å². The molecule has 170 valence electrons. The molecule has 4 rings (SSSR count). The summed E-state index contributed by atoms with van der Waals surface area (Å²) in [6.45, 7) is 4.90. The molecule has 0 saturated heterocycles. The zero-order chi connectivity index (χ0) is 23.7. The topological polar surface area (TPSA) is 98.7 Å². The van der Waals surface area contributed by atoms with Crippen molar-refractivity contribution in [2.24, 2.45) is 0 Å². The van der Waals surface area contributed by atoms with E-state index in [1.54, 1.807) is 19.2 Å². The predicted octanol–water partition coefficient (Wildman–Crippen LogP) is 4.98. The van der Waals surface area contributed by atoms with Crippen LogP contribution in [0.3, 0.4) is 0 Å². The van der Waals surface area contributed by atoms with Gasteiger partial charge in [-0.05, 0) is 38.5 Å². The molecule has 0 bridgehead atoms. The summed E-state index contributed by atoms with van der Waals surface area (Å²) in [6, 6.07) is 5.57. The van der Waals surface area contributed by atoms with Gasteiger partial charge in [-0.3, -0.25) is 0 Å². The van der Waals surface area contributed by atoms with Gasteiger partial charge in [-0.1, -0.05) is 17.7 Å². The average molecular weight is 473 g/mol. The molecule has 11 heteroatoms. The second-order valence-electron chi connectivity index (χ2n) is 7.34. The zero-order valence-electron chi connectivity index (χ0n) is 17.9. The van der Waals surface area contributed by atoms with Crippen molar-refractivity contribution >= 4 is 17.5 Å². The Morgan fingerprint density at radius 3 is 2.67 bits per heavy atom. The molecule has 0 saturated carbocycles. The van der Waals surface area contributed by atoms with E-state index in [1.807, 2.05) is 6.92 Å². The van der Waals surface area contributed by atoms with E-state index in [9.17, 15) is 13.6 Å². The number of nitrogens with one attached hydrogen (secondary N) is 1. The minimum Gasteiger partial charge on any atom is -0.416 e. The molecular weight excluding hydrogens is 454 g/mol. The first-order valence-electron chi connectivity index (χ1n) is 9.98. The number of halogens is 3. The Hall–Kier alpha value is -3.66. The van der Waals surface area contributed by atoms with Gasteiger partial charge in [0.1, 0.15) is 29.8 Å². The number of benzene rings is 1. The molecule has 0 amide bonds. The quantitative estimate of drug-likeness (QED) is 0.422. The lowest BCUT2D eigenvalue weighted by Crippen LogP contribution is -2.18. The highest BCUT2D eigenvalue weighted by atomic mass is 35.5. The van der Waals surface area contributed by atoms with E-state index in [1.165, 1.54) is 31.3 Å². The maximum absolute atomic E-state index is 13.8. The molecule has 3 aromatic heterocycles. The van der Waals surface area contributed by atoms with Crippen molar-refractivity contribution in [3.63, 3.8) is 0 Å². The summed E-state index contributed by atoms with van der Waals surface area (Å²) in [5.41, 5.74) is 1.98. The molecule has 0 fully saturated rings. The fourth-order valence-electron chi connectivity index (χ4n) is 3.26. The summed E-state index contributed by atoms with van der Waals surface area (Å²) < 4.78 is 33.5. The van der Waals surface area contributed by atoms with Crippen LogP contribution in [0.2, 0.25) is 5.02 Å². The van der Waals surface area contributed by atoms with E-state index < -0.39 is 23.8 Å². The molecule has 8 nitrogen and oxygen atoms in total. The summed E-state index contributed by atoms with van der Waals surface area (Å²) in [4.78, 5) is 29.4. The van der Waals surface area contributed by atoms with E-state index in [-0.39, 0.29) is 22.5 Å². The summed E-state index contributed by atoms with van der Waals surface area (Å²) in [7, 11) is 0. The minimum atomic E-state index is -1.43. The third-order valence-electron chi connectivity index (χ3n) is 4.96. The molecule has 0 spiro atoms. The molecule has 0 aliphatic rings. The average Bonchev–Trinajstić information content (AvgIpc) is 3.17. The van der Waals surface area contributed by atoms with Gasteiger partial charge in [0.15, 0.2) is 5.82 Å². The van der Waals surface area contributed by atoms with Crippen molar-refractivity contribution in [3.8, 4) is 16.9 Å². The van der Waals surface area contributed by atoms with Crippen molar-refractivity contribution in [1.82, 2.24) is 24.5 Å². The number of anilines is 1. The van der Waals surface area contributed by atoms with Gasteiger partial charge in [0, 0.05) is 29.7 Å². The van der Waals surface area contributed by atoms with Gasteiger partial charge in [-0.15, -0.1) is 0 Å². The number of hydrogen-bond acceptors (Lipinski definition) is 7. The van der Waals surface area contributed by atoms with Crippen LogP contribution in [-0.2, 0) is 0 Å². The smallest absolute Gasteiger partial charge is 0.416 e. The molecule has 1 N–H and O–H groups in total. The fourth-order valence-corrected chi connectivity index (χ4v) is 3.38. The molecule has 4 aromatic rings. The second kappa shape index (κ2) is 9.07. The lowest BCUT2D eigenvalue weighted by atomic mass is 10.1. The van der Waals surface area contributed by atoms with Crippen molar-refractivity contribution in [2.75, 3.05) is 5.32 Å². The van der Waals surface area contributed by atoms with Crippen LogP contribution in [0.4, 0.5) is 14.7 Å². The first-order valence-corrected chi connectivity index (χ1v) is 10.4. The van der Waals surface area contributed by atoms with Crippen molar-refractivity contribution in [1.29, 1.82) is 0 Å². The van der Waals surface area contributed by atoms with Crippen LogP contribution in [-0.4, -0.2) is 24.5 Å². The molecule has 1 aromatic carbocycles. The van der Waals surface area contributed by atoms with Gasteiger partial charge in [0.2, 0.25) is 5.95 Å². The summed E-state index contributed by atoms with van der Waals surface area (Å²) in [5.74, 6) is -0.462. The Labute approximate surface area is 192 Å². The third kappa shape index (κ3) is 4.61. The number of nitrogens with zero attached hydrogens (tertiary/aromatic N) is 5. The summed E-state index contributed by atoms with van der Waals surface area (Å²) >= 11 is 5.76. The van der Waals surface area contributed by atoms with E-state index >= 15 is 0 Å². The number of aryl methyl sites for hydroxylation is 1. The highest BCUT2D eigenvalue weighted by molar-refractivity contribution is 6.30. The van der Waals surface area contributed by atoms with Crippen molar-refractivity contribution in [2.45, 2.75) is 33.0 Å². The number of oxazole rings is 1. The van der Waals surface area contributed by atoms with Gasteiger partial charge in [-0.2, -0.15) is 4.98 Å². The number of hydrogen-bond donors (Lipinski definition) is 1. The molecule has 2 atom stereocenters. The van der Waals surface area contributed by atoms with Crippen LogP contribution in [0.5, 0.6) is 0 Å². The largest absolute Gasteiger partial charge is 0.425 e. The van der Waals surface area contributed by atoms with Crippen LogP contribution in [0.25, 0.3) is 16.9 Å². The van der Waals surface area contributed by atoms with Gasteiger partial charge >= 0.3 is 5.76 Å². The standard InChI is InChI=1S/C22H19ClF2N6O2/c1-11(24)18-10-33-22(32)31(18)19-6-7-26-21(30-19)29-13(3)20-27-9-15(12(2)28-20)14-4-5-16(23)17(25)8-14/h4-11,13H,1-3H3,(H,26,29,30)/t11-,13-/m0/s1. The molecule has 3 heterocycles. The van der Waals surface area contributed by atoms with E-state index in [0.29, 0.717) is 22.6 Å². The van der Waals surface area contributed by atoms with Crippen LogP contribution >= 0.6 is 11.6 Å². The molecule has 0 unspecified atom stereocenters. The van der Waals surface area contributed by atoms with Crippen LogP contribution in [0.1, 0.15) is 43.3 Å². The molecular formula is C22H19ClF2N6O2. The third-order valence-corrected chi connectivity index (χ3v) is 5.27. The normalized spacial score (nSPS) is 13.0. The van der Waals surface area contributed by atoms with Gasteiger partial charge < -0.3 is 9.73 Å². The van der Waals surface area contributed by atoms with Crippen LogP contribution < -0.4 is 11.1 Å². The van der Waals surface area contributed by atoms with E-state index in [4.69, 9.17) is 16.0 Å². The number of aromatic nitrogens is 5. The lowest BCUT2D eigenvalue weighted by molar-refractivity contribution is 0.360. The molecule has 0 aliphatic heterocycles. The minimum absolute atomic E-state index is 0.0415. The van der Waals surface area contributed by atoms with Crippen LogP contribution in [0.15, 0.2) is 52.1 Å². The lowest BCUT2D eigenvalue weighted by Gasteiger charge is -2.15. The first-order chi connectivity index (χ1) is 15.7. The molecule has 0 aliphatic carbocycles. The van der Waals surface area contributed by atoms with Crippen molar-refractivity contribution in [3.05, 3.63) is 81.5 Å². The Morgan fingerprint density at radius 1 is 1.18 bits per heavy atom. The Bertz CT molecular complexity index is 1370. The van der Waals surface area contributed by atoms with Gasteiger partial charge in [0.25, 0.3) is 0 Å². The van der Waals surface area contributed by atoms with E-state index in [0.717, 1.165) is 10.8 Å². The maximum atomic E-state index is 13.8. The van der Waals surface area contributed by atoms with Gasteiger partial charge in [-0.25, -0.2) is 33.1 Å². The Kier molecular flexibility index (Phi) is 6.19. The number of rotatable bonds is 6. The highest BCUT2D eigenvalue weighted by Gasteiger charge is 2.18. The summed E-state index contributed by atoms with van der Waals surface area (Å²) in [5, 5.41) is 3.11. The van der Waals surface area contributed by atoms with Crippen LogP contribution in [0, 0.1) is 12.7 Å². The maximum Gasteiger partial charge on any atom is 0.425 e. The Balaban J connectivity index is 1.58.